The number of hydrogen-bond acceptors (Lipinski definition) is 2. The van der Waals surface area contributed by atoms with Crippen molar-refractivity contribution >= 4 is 11.8 Å². The number of rotatable bonds is 10. The zero-order valence-corrected chi connectivity index (χ0v) is 12.2. The molecule has 1 fully saturated rings. The predicted molar refractivity (Wildman–Crippen MR) is 80.8 cm³/mol. The largest absolute Gasteiger partial charge is 0.314 e. The van der Waals surface area contributed by atoms with Crippen molar-refractivity contribution in [3.63, 3.8) is 0 Å². The summed E-state index contributed by atoms with van der Waals surface area (Å²) in [7, 11) is 0. The molecule has 1 rings (SSSR count). The van der Waals surface area contributed by atoms with Crippen LogP contribution in [0.15, 0.2) is 12.7 Å². The Balaban J connectivity index is 2.17. The van der Waals surface area contributed by atoms with Gasteiger partial charge in [-0.05, 0) is 56.1 Å². The molecule has 1 nitrogen and oxygen atoms in total. The summed E-state index contributed by atoms with van der Waals surface area (Å²) in [6.45, 7) is 7.24. The Morgan fingerprint density at radius 2 is 2.29 bits per heavy atom. The molecule has 1 saturated heterocycles. The van der Waals surface area contributed by atoms with Crippen LogP contribution in [0.1, 0.15) is 51.9 Å². The van der Waals surface area contributed by atoms with Crippen LogP contribution < -0.4 is 5.32 Å². The van der Waals surface area contributed by atoms with E-state index in [1.807, 2.05) is 6.08 Å². The third kappa shape index (κ3) is 6.52. The lowest BCUT2D eigenvalue weighted by Crippen LogP contribution is -2.36. The molecular weight excluding hydrogens is 226 g/mol. The highest BCUT2D eigenvalue weighted by molar-refractivity contribution is 7.99. The molecule has 0 aromatic carbocycles. The van der Waals surface area contributed by atoms with Crippen LogP contribution in [0.5, 0.6) is 0 Å². The van der Waals surface area contributed by atoms with E-state index in [1.54, 1.807) is 0 Å². The van der Waals surface area contributed by atoms with Gasteiger partial charge in [0.2, 0.25) is 0 Å². The van der Waals surface area contributed by atoms with E-state index < -0.39 is 0 Å². The van der Waals surface area contributed by atoms with Crippen molar-refractivity contribution in [3.05, 3.63) is 12.7 Å². The van der Waals surface area contributed by atoms with Crippen molar-refractivity contribution in [1.82, 2.24) is 5.32 Å². The molecule has 1 aliphatic heterocycles. The van der Waals surface area contributed by atoms with Crippen LogP contribution in [0.4, 0.5) is 0 Å². The minimum absolute atomic E-state index is 0.786. The van der Waals surface area contributed by atoms with Gasteiger partial charge in [-0.3, -0.25) is 0 Å². The van der Waals surface area contributed by atoms with Crippen molar-refractivity contribution in [2.24, 2.45) is 5.92 Å². The summed E-state index contributed by atoms with van der Waals surface area (Å²) >= 11 is 2.14. The Hall–Kier alpha value is 0.0500. The van der Waals surface area contributed by atoms with E-state index in [1.165, 1.54) is 63.0 Å². The first kappa shape index (κ1) is 15.1. The van der Waals surface area contributed by atoms with E-state index in [4.69, 9.17) is 0 Å². The molecule has 1 aliphatic rings. The van der Waals surface area contributed by atoms with Crippen LogP contribution in [0.3, 0.4) is 0 Å². The Morgan fingerprint density at radius 3 is 2.94 bits per heavy atom. The summed E-state index contributed by atoms with van der Waals surface area (Å²) in [4.78, 5) is 0. The van der Waals surface area contributed by atoms with E-state index in [-0.39, 0.29) is 0 Å². The van der Waals surface area contributed by atoms with Crippen molar-refractivity contribution in [2.75, 3.05) is 18.1 Å². The fourth-order valence-electron chi connectivity index (χ4n) is 2.53. The molecule has 0 aromatic rings. The zero-order chi connectivity index (χ0) is 12.3. The van der Waals surface area contributed by atoms with Gasteiger partial charge in [0.05, 0.1) is 0 Å². The number of thioether (sulfide) groups is 1. The summed E-state index contributed by atoms with van der Waals surface area (Å²) < 4.78 is 0. The van der Waals surface area contributed by atoms with Gasteiger partial charge < -0.3 is 5.32 Å². The maximum atomic E-state index is 3.78. The van der Waals surface area contributed by atoms with Crippen LogP contribution in [0.25, 0.3) is 0 Å². The van der Waals surface area contributed by atoms with Gasteiger partial charge in [-0.1, -0.05) is 25.8 Å². The average molecular weight is 255 g/mol. The molecule has 17 heavy (non-hydrogen) atoms. The summed E-state index contributed by atoms with van der Waals surface area (Å²) in [6, 6.07) is 0.786. The third-order valence-electron chi connectivity index (χ3n) is 3.61. The first-order chi connectivity index (χ1) is 8.38. The molecule has 0 bridgehead atoms. The van der Waals surface area contributed by atoms with Gasteiger partial charge in [-0.25, -0.2) is 0 Å². The van der Waals surface area contributed by atoms with Gasteiger partial charge in [0.15, 0.2) is 0 Å². The molecule has 2 heteroatoms. The quantitative estimate of drug-likeness (QED) is 0.463. The highest BCUT2D eigenvalue weighted by Crippen LogP contribution is 2.28. The third-order valence-corrected chi connectivity index (χ3v) is 4.80. The topological polar surface area (TPSA) is 12.0 Å². The SMILES string of the molecule is C=CCCCCCC(NCCC)C1CCSC1. The number of allylic oxidation sites excluding steroid dienone is 1. The molecule has 0 spiro atoms. The lowest BCUT2D eigenvalue weighted by molar-refractivity contribution is 0.351. The van der Waals surface area contributed by atoms with Gasteiger partial charge >= 0.3 is 0 Å². The molecule has 0 aliphatic carbocycles. The number of unbranched alkanes of at least 4 members (excludes halogenated alkanes) is 3. The van der Waals surface area contributed by atoms with E-state index >= 15 is 0 Å². The van der Waals surface area contributed by atoms with E-state index in [9.17, 15) is 0 Å². The first-order valence-electron chi connectivity index (χ1n) is 7.30. The van der Waals surface area contributed by atoms with Crippen molar-refractivity contribution < 1.29 is 0 Å². The molecular formula is C15H29NS. The standard InChI is InChI=1S/C15H29NS/c1-3-5-6-7-8-9-15(16-11-4-2)14-10-12-17-13-14/h3,14-16H,1,4-13H2,2H3. The molecule has 0 amide bonds. The average Bonchev–Trinajstić information content (AvgIpc) is 2.86. The monoisotopic (exact) mass is 255 g/mol. The first-order valence-corrected chi connectivity index (χ1v) is 8.46. The summed E-state index contributed by atoms with van der Waals surface area (Å²) in [5.41, 5.74) is 0. The second-order valence-corrected chi connectivity index (χ2v) is 6.26. The minimum Gasteiger partial charge on any atom is -0.314 e. The lowest BCUT2D eigenvalue weighted by atomic mass is 9.93. The van der Waals surface area contributed by atoms with Crippen LogP contribution in [-0.2, 0) is 0 Å². The normalized spacial score (nSPS) is 21.6. The predicted octanol–water partition coefficient (Wildman–Crippen LogP) is 4.24. The summed E-state index contributed by atoms with van der Waals surface area (Å²) in [5.74, 6) is 3.70. The molecule has 0 radical (unpaired) electrons. The highest BCUT2D eigenvalue weighted by Gasteiger charge is 2.24. The molecule has 1 heterocycles. The molecule has 0 aromatic heterocycles. The van der Waals surface area contributed by atoms with E-state index in [0.717, 1.165) is 12.0 Å². The molecule has 1 N–H and O–H groups in total. The van der Waals surface area contributed by atoms with Crippen molar-refractivity contribution in [3.8, 4) is 0 Å². The van der Waals surface area contributed by atoms with Crippen molar-refractivity contribution in [1.29, 1.82) is 0 Å². The van der Waals surface area contributed by atoms with Gasteiger partial charge in [0.1, 0.15) is 0 Å². The molecule has 0 saturated carbocycles. The summed E-state index contributed by atoms with van der Waals surface area (Å²) in [5, 5.41) is 3.77. The molecule has 2 atom stereocenters. The summed E-state index contributed by atoms with van der Waals surface area (Å²) in [6.07, 6.45) is 11.4. The maximum absolute atomic E-state index is 3.78. The molecule has 100 valence electrons. The Bertz CT molecular complexity index is 187. The number of hydrogen-bond donors (Lipinski definition) is 1. The van der Waals surface area contributed by atoms with Gasteiger partial charge in [-0.15, -0.1) is 6.58 Å². The van der Waals surface area contributed by atoms with Crippen LogP contribution in [-0.4, -0.2) is 24.1 Å². The van der Waals surface area contributed by atoms with Gasteiger partial charge in [0, 0.05) is 6.04 Å². The van der Waals surface area contributed by atoms with Gasteiger partial charge in [-0.2, -0.15) is 11.8 Å². The van der Waals surface area contributed by atoms with Crippen LogP contribution >= 0.6 is 11.8 Å². The maximum Gasteiger partial charge on any atom is 0.0103 e. The lowest BCUT2D eigenvalue weighted by Gasteiger charge is -2.24. The zero-order valence-electron chi connectivity index (χ0n) is 11.4. The molecule has 2 unspecified atom stereocenters. The van der Waals surface area contributed by atoms with E-state index in [2.05, 4.69) is 30.6 Å². The fourth-order valence-corrected chi connectivity index (χ4v) is 3.87. The smallest absolute Gasteiger partial charge is 0.0103 e. The fraction of sp³-hybridized carbons (Fsp3) is 0.867. The van der Waals surface area contributed by atoms with E-state index in [0.29, 0.717) is 0 Å². The second kappa shape index (κ2) is 10.0. The van der Waals surface area contributed by atoms with Crippen LogP contribution in [0.2, 0.25) is 0 Å². The Kier molecular flexibility index (Phi) is 8.90. The highest BCUT2D eigenvalue weighted by atomic mass is 32.2. The second-order valence-electron chi connectivity index (χ2n) is 5.11. The van der Waals surface area contributed by atoms with Crippen molar-refractivity contribution in [2.45, 2.75) is 57.9 Å². The number of nitrogens with one attached hydrogen (secondary N) is 1. The Labute approximate surface area is 112 Å². The van der Waals surface area contributed by atoms with Crippen LogP contribution in [0, 0.1) is 5.92 Å². The van der Waals surface area contributed by atoms with Gasteiger partial charge in [0.25, 0.3) is 0 Å². The minimum atomic E-state index is 0.786. The Morgan fingerprint density at radius 1 is 1.41 bits per heavy atom.